The van der Waals surface area contributed by atoms with Crippen molar-refractivity contribution in [3.63, 3.8) is 0 Å². The number of amides is 1. The van der Waals surface area contributed by atoms with E-state index >= 15 is 0 Å². The van der Waals surface area contributed by atoms with Gasteiger partial charge >= 0.3 is 0 Å². The monoisotopic (exact) mass is 623 g/mol. The molecule has 3 unspecified atom stereocenters. The van der Waals surface area contributed by atoms with Crippen LogP contribution in [0.5, 0.6) is 5.75 Å². The summed E-state index contributed by atoms with van der Waals surface area (Å²) in [5.41, 5.74) is -0.730. The van der Waals surface area contributed by atoms with Crippen molar-refractivity contribution in [2.24, 2.45) is 11.8 Å². The third-order valence-electron chi connectivity index (χ3n) is 8.02. The molecule has 7 nitrogen and oxygen atoms in total. The average Bonchev–Trinajstić information content (AvgIpc) is 3.25. The summed E-state index contributed by atoms with van der Waals surface area (Å²) < 4.78 is 79.2. The Morgan fingerprint density at radius 2 is 1.64 bits per heavy atom. The lowest BCUT2D eigenvalue weighted by atomic mass is 9.77. The summed E-state index contributed by atoms with van der Waals surface area (Å²) in [4.78, 5) is 12.6. The average molecular weight is 624 g/mol. The van der Waals surface area contributed by atoms with Crippen molar-refractivity contribution in [3.8, 4) is 5.75 Å². The maximum atomic E-state index is 13.9. The molecule has 3 aromatic rings. The summed E-state index contributed by atoms with van der Waals surface area (Å²) in [7, 11) is -2.46. The van der Waals surface area contributed by atoms with Gasteiger partial charge in [0.25, 0.3) is 5.91 Å². The van der Waals surface area contributed by atoms with Gasteiger partial charge in [0.1, 0.15) is 5.75 Å². The third-order valence-corrected chi connectivity index (χ3v) is 10.9. The Labute approximate surface area is 246 Å². The molecule has 42 heavy (non-hydrogen) atoms. The zero-order valence-corrected chi connectivity index (χ0v) is 24.2. The standard InChI is InChI=1S/C30H29ClF3NO6S/c1-40-22-7-2-17(3-8-22)15-41-16-30(37)13-19-4-5-20(14-30)28(19)42(38,39)26-10-18(6-9-23(26)31)29(36)35-21-11-24(32)27(34)25(33)12-21/h2-3,6-12,19-20,28,37H,4-5,13-16H2,1H3,(H,35,36)/t19-,20?,28?,30?/m0/s1. The van der Waals surface area contributed by atoms with Gasteiger partial charge in [0.2, 0.25) is 0 Å². The van der Waals surface area contributed by atoms with Crippen LogP contribution in [0.2, 0.25) is 5.02 Å². The number of halogens is 4. The van der Waals surface area contributed by atoms with Crippen molar-refractivity contribution in [2.75, 3.05) is 19.0 Å². The number of nitrogens with one attached hydrogen (secondary N) is 1. The van der Waals surface area contributed by atoms with Gasteiger partial charge in [-0.2, -0.15) is 0 Å². The second-order valence-corrected chi connectivity index (χ2v) is 13.4. The number of anilines is 1. The molecule has 0 heterocycles. The van der Waals surface area contributed by atoms with Gasteiger partial charge in [0.05, 0.1) is 41.1 Å². The predicted molar refractivity (Wildman–Crippen MR) is 150 cm³/mol. The minimum atomic E-state index is -4.04. The maximum Gasteiger partial charge on any atom is 0.255 e. The van der Waals surface area contributed by atoms with Crippen LogP contribution in [0.4, 0.5) is 18.9 Å². The number of hydrogen-bond donors (Lipinski definition) is 2. The second kappa shape index (κ2) is 11.9. The van der Waals surface area contributed by atoms with Gasteiger partial charge in [0.15, 0.2) is 27.3 Å². The van der Waals surface area contributed by atoms with Crippen LogP contribution in [0.15, 0.2) is 59.5 Å². The van der Waals surface area contributed by atoms with Crippen LogP contribution in [0, 0.1) is 29.3 Å². The van der Waals surface area contributed by atoms with Gasteiger partial charge in [-0.1, -0.05) is 23.7 Å². The number of rotatable bonds is 9. The maximum absolute atomic E-state index is 13.9. The number of methoxy groups -OCH3 is 1. The first-order chi connectivity index (χ1) is 19.9. The Kier molecular flexibility index (Phi) is 8.58. The van der Waals surface area contributed by atoms with E-state index in [-0.39, 0.29) is 59.1 Å². The predicted octanol–water partition coefficient (Wildman–Crippen LogP) is 5.93. The molecular weight excluding hydrogens is 595 g/mol. The molecule has 2 N–H and O–H groups in total. The van der Waals surface area contributed by atoms with Crippen LogP contribution < -0.4 is 10.1 Å². The molecule has 2 saturated carbocycles. The quantitative estimate of drug-likeness (QED) is 0.287. The number of carbonyl (C=O) groups excluding carboxylic acids is 1. The van der Waals surface area contributed by atoms with Gasteiger partial charge in [0, 0.05) is 23.4 Å². The molecule has 5 rings (SSSR count). The minimum absolute atomic E-state index is 0.0553. The SMILES string of the molecule is COc1ccc(COCC2(O)CC3CC[C@@H](C2)C3S(=O)(=O)c2cc(C(=O)Nc3cc(F)c(F)c(F)c3)ccc2Cl)cc1. The summed E-state index contributed by atoms with van der Waals surface area (Å²) in [5.74, 6) is -5.47. The second-order valence-electron chi connectivity index (χ2n) is 10.9. The largest absolute Gasteiger partial charge is 0.497 e. The van der Waals surface area contributed by atoms with Gasteiger partial charge < -0.3 is 19.9 Å². The first kappa shape index (κ1) is 30.3. The third kappa shape index (κ3) is 6.15. The van der Waals surface area contributed by atoms with Gasteiger partial charge in [-0.15, -0.1) is 0 Å². The molecule has 3 aromatic carbocycles. The van der Waals surface area contributed by atoms with E-state index < -0.39 is 44.0 Å². The summed E-state index contributed by atoms with van der Waals surface area (Å²) in [6.07, 6.45) is 1.68. The Balaban J connectivity index is 1.29. The Morgan fingerprint density at radius 1 is 1.02 bits per heavy atom. The van der Waals surface area contributed by atoms with Crippen LogP contribution in [0.25, 0.3) is 0 Å². The highest BCUT2D eigenvalue weighted by atomic mass is 35.5. The summed E-state index contributed by atoms with van der Waals surface area (Å²) in [6.45, 7) is 0.338. The Bertz CT molecular complexity index is 1560. The van der Waals surface area contributed by atoms with Crippen LogP contribution in [0.3, 0.4) is 0 Å². The molecule has 4 atom stereocenters. The normalized spacial score (nSPS) is 23.5. The minimum Gasteiger partial charge on any atom is -0.497 e. The van der Waals surface area contributed by atoms with Crippen molar-refractivity contribution in [1.29, 1.82) is 0 Å². The zero-order valence-electron chi connectivity index (χ0n) is 22.6. The Hall–Kier alpha value is -3.12. The fraction of sp³-hybridized carbons (Fsp3) is 0.367. The Morgan fingerprint density at radius 3 is 2.24 bits per heavy atom. The molecule has 2 aliphatic rings. The molecule has 0 aliphatic heterocycles. The molecule has 2 fully saturated rings. The van der Waals surface area contributed by atoms with Crippen LogP contribution >= 0.6 is 11.6 Å². The molecule has 0 spiro atoms. The van der Waals surface area contributed by atoms with E-state index in [2.05, 4.69) is 5.32 Å². The van der Waals surface area contributed by atoms with Crippen molar-refractivity contribution < 1.29 is 41.0 Å². The highest BCUT2D eigenvalue weighted by Crippen LogP contribution is 2.51. The molecule has 0 radical (unpaired) electrons. The number of fused-ring (bicyclic) bond motifs is 2. The molecule has 0 saturated heterocycles. The molecule has 2 aliphatic carbocycles. The van der Waals surface area contributed by atoms with E-state index in [0.29, 0.717) is 25.0 Å². The van der Waals surface area contributed by atoms with Crippen LogP contribution in [-0.2, 0) is 21.2 Å². The number of carbonyl (C=O) groups is 1. The lowest BCUT2D eigenvalue weighted by Crippen LogP contribution is -2.48. The molecule has 0 aromatic heterocycles. The first-order valence-corrected chi connectivity index (χ1v) is 15.2. The molecule has 2 bridgehead atoms. The van der Waals surface area contributed by atoms with E-state index in [1.54, 1.807) is 7.11 Å². The highest BCUT2D eigenvalue weighted by molar-refractivity contribution is 7.92. The van der Waals surface area contributed by atoms with Gasteiger partial charge in [-0.05, 0) is 73.4 Å². The van der Waals surface area contributed by atoms with Crippen molar-refractivity contribution in [1.82, 2.24) is 0 Å². The topological polar surface area (TPSA) is 102 Å². The van der Waals surface area contributed by atoms with Gasteiger partial charge in [-0.25, -0.2) is 21.6 Å². The number of aliphatic hydroxyl groups is 1. The fourth-order valence-corrected chi connectivity index (χ4v) is 9.03. The molecule has 12 heteroatoms. The fourth-order valence-electron chi connectivity index (χ4n) is 6.18. The van der Waals surface area contributed by atoms with Crippen LogP contribution in [0.1, 0.15) is 41.6 Å². The zero-order chi connectivity index (χ0) is 30.2. The summed E-state index contributed by atoms with van der Waals surface area (Å²) >= 11 is 6.31. The highest BCUT2D eigenvalue weighted by Gasteiger charge is 2.54. The summed E-state index contributed by atoms with van der Waals surface area (Å²) in [6, 6.07) is 12.3. The van der Waals surface area contributed by atoms with Crippen molar-refractivity contribution in [2.45, 2.75) is 48.0 Å². The number of ether oxygens (including phenoxy) is 2. The smallest absolute Gasteiger partial charge is 0.255 e. The van der Waals surface area contributed by atoms with E-state index in [1.807, 2.05) is 24.3 Å². The lowest BCUT2D eigenvalue weighted by Gasteiger charge is -2.40. The van der Waals surface area contributed by atoms with Gasteiger partial charge in [-0.3, -0.25) is 4.79 Å². The molecule has 1 amide bonds. The van der Waals surface area contributed by atoms with Crippen molar-refractivity contribution in [3.05, 3.63) is 88.2 Å². The number of sulfone groups is 1. The van der Waals surface area contributed by atoms with E-state index in [4.69, 9.17) is 21.1 Å². The molecular formula is C30H29ClF3NO6S. The van der Waals surface area contributed by atoms with E-state index in [1.165, 1.54) is 12.1 Å². The molecule has 224 valence electrons. The van der Waals surface area contributed by atoms with Crippen molar-refractivity contribution >= 4 is 33.0 Å². The first-order valence-electron chi connectivity index (χ1n) is 13.3. The van der Waals surface area contributed by atoms with E-state index in [9.17, 15) is 31.5 Å². The van der Waals surface area contributed by atoms with E-state index in [0.717, 1.165) is 17.4 Å². The summed E-state index contributed by atoms with van der Waals surface area (Å²) in [5, 5.41) is 12.7. The number of benzene rings is 3. The number of hydrogen-bond acceptors (Lipinski definition) is 6. The lowest BCUT2D eigenvalue weighted by molar-refractivity contribution is -0.0866. The van der Waals surface area contributed by atoms with Crippen LogP contribution in [-0.4, -0.2) is 44.0 Å².